The summed E-state index contributed by atoms with van der Waals surface area (Å²) in [4.78, 5) is 0. The molecule has 0 bridgehead atoms. The molecule has 2 unspecified atom stereocenters. The Morgan fingerprint density at radius 2 is 1.84 bits per heavy atom. The quantitative estimate of drug-likeness (QED) is 0.869. The number of benzene rings is 1. The van der Waals surface area contributed by atoms with Crippen molar-refractivity contribution in [1.29, 1.82) is 5.26 Å². The van der Waals surface area contributed by atoms with Gasteiger partial charge in [0.05, 0.1) is 11.6 Å². The van der Waals surface area contributed by atoms with E-state index in [2.05, 4.69) is 44.3 Å². The van der Waals surface area contributed by atoms with Crippen LogP contribution in [0.25, 0.3) is 0 Å². The number of nitrogens with one attached hydrogen (secondary N) is 1. The summed E-state index contributed by atoms with van der Waals surface area (Å²) in [6.07, 6.45) is 3.65. The molecule has 1 aromatic carbocycles. The summed E-state index contributed by atoms with van der Waals surface area (Å²) in [6, 6.07) is 11.0. The zero-order chi connectivity index (χ0) is 13.9. The molecule has 1 aliphatic rings. The largest absolute Gasteiger partial charge is 0.314 e. The van der Waals surface area contributed by atoms with Crippen LogP contribution >= 0.6 is 0 Å². The minimum absolute atomic E-state index is 0.393. The van der Waals surface area contributed by atoms with Gasteiger partial charge in [0.15, 0.2) is 0 Å². The zero-order valence-corrected chi connectivity index (χ0v) is 12.2. The molecule has 0 radical (unpaired) electrons. The Labute approximate surface area is 116 Å². The van der Waals surface area contributed by atoms with E-state index in [0.717, 1.165) is 12.1 Å². The van der Waals surface area contributed by atoms with Gasteiger partial charge in [-0.15, -0.1) is 0 Å². The summed E-state index contributed by atoms with van der Waals surface area (Å²) in [7, 11) is 0. The molecule has 102 valence electrons. The fourth-order valence-electron chi connectivity index (χ4n) is 3.81. The Balaban J connectivity index is 2.22. The SMILES string of the molecule is CCNC1CC(c2ccc(C#N)cc2)C1(CC)CC. The maximum absolute atomic E-state index is 8.89. The fourth-order valence-corrected chi connectivity index (χ4v) is 3.81. The van der Waals surface area contributed by atoms with Crippen LogP contribution in [0, 0.1) is 16.7 Å². The number of nitriles is 1. The van der Waals surface area contributed by atoms with E-state index in [1.807, 2.05) is 12.1 Å². The fraction of sp³-hybridized carbons (Fsp3) is 0.588. The van der Waals surface area contributed by atoms with E-state index < -0.39 is 0 Å². The lowest BCUT2D eigenvalue weighted by atomic mass is 9.52. The van der Waals surface area contributed by atoms with Gasteiger partial charge in [-0.3, -0.25) is 0 Å². The molecule has 0 heterocycles. The molecule has 19 heavy (non-hydrogen) atoms. The van der Waals surface area contributed by atoms with Gasteiger partial charge in [-0.25, -0.2) is 0 Å². The summed E-state index contributed by atoms with van der Waals surface area (Å²) in [5.41, 5.74) is 2.55. The van der Waals surface area contributed by atoms with Crippen LogP contribution in [0.15, 0.2) is 24.3 Å². The lowest BCUT2D eigenvalue weighted by Gasteiger charge is -2.56. The molecule has 1 N–H and O–H groups in total. The van der Waals surface area contributed by atoms with Gasteiger partial charge in [0.2, 0.25) is 0 Å². The van der Waals surface area contributed by atoms with E-state index >= 15 is 0 Å². The minimum Gasteiger partial charge on any atom is -0.314 e. The van der Waals surface area contributed by atoms with Crippen molar-refractivity contribution in [2.45, 2.75) is 52.0 Å². The third-order valence-corrected chi connectivity index (χ3v) is 5.07. The molecule has 0 spiro atoms. The van der Waals surface area contributed by atoms with Crippen molar-refractivity contribution >= 4 is 0 Å². The highest BCUT2D eigenvalue weighted by Gasteiger charge is 2.52. The molecule has 1 saturated carbocycles. The average Bonchev–Trinajstić information content (AvgIpc) is 2.45. The molecular formula is C17H24N2. The lowest BCUT2D eigenvalue weighted by molar-refractivity contribution is 0.0210. The lowest BCUT2D eigenvalue weighted by Crippen LogP contribution is -2.58. The van der Waals surface area contributed by atoms with Gasteiger partial charge in [0, 0.05) is 6.04 Å². The van der Waals surface area contributed by atoms with E-state index in [4.69, 9.17) is 5.26 Å². The average molecular weight is 256 g/mol. The van der Waals surface area contributed by atoms with Crippen LogP contribution in [0.3, 0.4) is 0 Å². The molecule has 2 nitrogen and oxygen atoms in total. The molecule has 0 amide bonds. The van der Waals surface area contributed by atoms with Crippen molar-refractivity contribution in [2.24, 2.45) is 5.41 Å². The summed E-state index contributed by atoms with van der Waals surface area (Å²) >= 11 is 0. The Bertz CT molecular complexity index is 451. The van der Waals surface area contributed by atoms with Gasteiger partial charge < -0.3 is 5.32 Å². The van der Waals surface area contributed by atoms with Crippen LogP contribution < -0.4 is 5.32 Å². The first-order valence-corrected chi connectivity index (χ1v) is 7.45. The molecule has 0 aromatic heterocycles. The number of rotatable bonds is 5. The Kier molecular flexibility index (Phi) is 4.27. The van der Waals surface area contributed by atoms with E-state index in [1.165, 1.54) is 24.8 Å². The molecule has 2 heteroatoms. The molecule has 2 rings (SSSR count). The monoisotopic (exact) mass is 256 g/mol. The second kappa shape index (κ2) is 5.75. The van der Waals surface area contributed by atoms with Gasteiger partial charge in [-0.2, -0.15) is 5.26 Å². The first-order chi connectivity index (χ1) is 9.21. The summed E-state index contributed by atoms with van der Waals surface area (Å²) in [6.45, 7) is 7.85. The highest BCUT2D eigenvalue weighted by Crippen LogP contribution is 2.57. The first-order valence-electron chi connectivity index (χ1n) is 7.45. The van der Waals surface area contributed by atoms with Crippen LogP contribution in [-0.2, 0) is 0 Å². The van der Waals surface area contributed by atoms with Crippen molar-refractivity contribution in [3.63, 3.8) is 0 Å². The van der Waals surface area contributed by atoms with Crippen LogP contribution in [0.1, 0.15) is 57.1 Å². The van der Waals surface area contributed by atoms with Crippen molar-refractivity contribution < 1.29 is 0 Å². The van der Waals surface area contributed by atoms with Gasteiger partial charge in [0.1, 0.15) is 0 Å². The van der Waals surface area contributed by atoms with Gasteiger partial charge in [-0.1, -0.05) is 32.9 Å². The number of hydrogen-bond donors (Lipinski definition) is 1. The Hall–Kier alpha value is -1.33. The Morgan fingerprint density at radius 1 is 1.21 bits per heavy atom. The van der Waals surface area contributed by atoms with Gasteiger partial charge >= 0.3 is 0 Å². The second-order valence-corrected chi connectivity index (χ2v) is 5.57. The Morgan fingerprint density at radius 3 is 2.32 bits per heavy atom. The zero-order valence-electron chi connectivity index (χ0n) is 12.2. The summed E-state index contributed by atoms with van der Waals surface area (Å²) in [5.74, 6) is 0.638. The van der Waals surface area contributed by atoms with E-state index in [1.54, 1.807) is 0 Å². The highest BCUT2D eigenvalue weighted by atomic mass is 15.0. The van der Waals surface area contributed by atoms with Gasteiger partial charge in [0.25, 0.3) is 0 Å². The third-order valence-electron chi connectivity index (χ3n) is 5.07. The molecular weight excluding hydrogens is 232 g/mol. The molecule has 1 aliphatic carbocycles. The van der Waals surface area contributed by atoms with Crippen molar-refractivity contribution in [3.8, 4) is 6.07 Å². The van der Waals surface area contributed by atoms with Crippen LogP contribution in [-0.4, -0.2) is 12.6 Å². The minimum atomic E-state index is 0.393. The molecule has 0 saturated heterocycles. The maximum Gasteiger partial charge on any atom is 0.0991 e. The first kappa shape index (κ1) is 14.1. The smallest absolute Gasteiger partial charge is 0.0991 e. The van der Waals surface area contributed by atoms with E-state index in [-0.39, 0.29) is 0 Å². The predicted molar refractivity (Wildman–Crippen MR) is 79.0 cm³/mol. The second-order valence-electron chi connectivity index (χ2n) is 5.57. The molecule has 2 atom stereocenters. The van der Waals surface area contributed by atoms with Crippen molar-refractivity contribution in [3.05, 3.63) is 35.4 Å². The van der Waals surface area contributed by atoms with Crippen LogP contribution in [0.4, 0.5) is 0 Å². The van der Waals surface area contributed by atoms with Crippen molar-refractivity contribution in [2.75, 3.05) is 6.54 Å². The third kappa shape index (κ3) is 2.28. The van der Waals surface area contributed by atoms with E-state index in [0.29, 0.717) is 17.4 Å². The predicted octanol–water partition coefficient (Wildman–Crippen LogP) is 3.83. The summed E-state index contributed by atoms with van der Waals surface area (Å²) < 4.78 is 0. The highest BCUT2D eigenvalue weighted by molar-refractivity contribution is 5.36. The maximum atomic E-state index is 8.89. The normalized spacial score (nSPS) is 24.5. The van der Waals surface area contributed by atoms with E-state index in [9.17, 15) is 0 Å². The van der Waals surface area contributed by atoms with Crippen LogP contribution in [0.2, 0.25) is 0 Å². The van der Waals surface area contributed by atoms with Crippen LogP contribution in [0.5, 0.6) is 0 Å². The van der Waals surface area contributed by atoms with Gasteiger partial charge in [-0.05, 0) is 54.8 Å². The topological polar surface area (TPSA) is 35.8 Å². The number of nitrogens with zero attached hydrogens (tertiary/aromatic N) is 1. The summed E-state index contributed by atoms with van der Waals surface area (Å²) in [5, 5.41) is 12.5. The standard InChI is InChI=1S/C17H24N2/c1-4-17(5-2)15(11-16(17)19-6-3)14-9-7-13(12-18)8-10-14/h7-10,15-16,19H,4-6,11H2,1-3H3. The molecule has 0 aliphatic heterocycles. The number of hydrogen-bond acceptors (Lipinski definition) is 2. The molecule has 1 fully saturated rings. The van der Waals surface area contributed by atoms with Crippen molar-refractivity contribution in [1.82, 2.24) is 5.32 Å². The molecule has 1 aromatic rings.